The molecule has 2 saturated heterocycles. The number of piperidine rings is 1. The third kappa shape index (κ3) is 5.17. The number of carbonyl (C=O) groups excluding carboxylic acids is 1. The minimum Gasteiger partial charge on any atom is -0.491 e. The van der Waals surface area contributed by atoms with Crippen LogP contribution < -0.4 is 4.74 Å². The van der Waals surface area contributed by atoms with E-state index in [0.29, 0.717) is 18.9 Å². The number of nitrogens with zero attached hydrogens (tertiary/aromatic N) is 4. The minimum atomic E-state index is -0.292. The van der Waals surface area contributed by atoms with Crippen LogP contribution in [0.2, 0.25) is 0 Å². The van der Waals surface area contributed by atoms with E-state index in [0.717, 1.165) is 39.0 Å². The van der Waals surface area contributed by atoms with Crippen LogP contribution >= 0.6 is 0 Å². The SMILES string of the molecule is Cc1ccnn1CCN1CCC(N2C[C@H](COc3ccc(F)cc3)OCC2=O)CC1. The van der Waals surface area contributed by atoms with Crippen molar-refractivity contribution in [1.29, 1.82) is 0 Å². The Morgan fingerprint density at radius 1 is 1.17 bits per heavy atom. The monoisotopic (exact) mass is 416 g/mol. The van der Waals surface area contributed by atoms with Gasteiger partial charge in [0.1, 0.15) is 30.9 Å². The van der Waals surface area contributed by atoms with Gasteiger partial charge < -0.3 is 19.3 Å². The first-order chi connectivity index (χ1) is 14.6. The van der Waals surface area contributed by atoms with Gasteiger partial charge in [0, 0.05) is 37.6 Å². The van der Waals surface area contributed by atoms with Gasteiger partial charge in [0.15, 0.2) is 0 Å². The second-order valence-electron chi connectivity index (χ2n) is 8.01. The lowest BCUT2D eigenvalue weighted by Crippen LogP contribution is -2.55. The molecule has 2 fully saturated rings. The zero-order valence-corrected chi connectivity index (χ0v) is 17.4. The fraction of sp³-hybridized carbons (Fsp3) is 0.545. The van der Waals surface area contributed by atoms with Crippen LogP contribution in [-0.2, 0) is 16.1 Å². The molecule has 7 nitrogen and oxygen atoms in total. The van der Waals surface area contributed by atoms with Crippen molar-refractivity contribution in [3.63, 3.8) is 0 Å². The minimum absolute atomic E-state index is 0.0543. The Balaban J connectivity index is 1.23. The Morgan fingerprint density at radius 3 is 2.63 bits per heavy atom. The molecule has 1 aromatic heterocycles. The van der Waals surface area contributed by atoms with Crippen LogP contribution in [0.1, 0.15) is 18.5 Å². The largest absolute Gasteiger partial charge is 0.491 e. The van der Waals surface area contributed by atoms with E-state index in [1.54, 1.807) is 12.1 Å². The topological polar surface area (TPSA) is 59.8 Å². The molecule has 1 amide bonds. The van der Waals surface area contributed by atoms with E-state index in [2.05, 4.69) is 16.9 Å². The molecule has 1 atom stereocenters. The molecular weight excluding hydrogens is 387 g/mol. The molecule has 0 spiro atoms. The van der Waals surface area contributed by atoms with E-state index in [9.17, 15) is 9.18 Å². The standard InChI is InChI=1S/C22H29FN4O3/c1-17-6-9-24-27(17)13-12-25-10-7-19(8-11-25)26-14-21(30-16-22(26)28)15-29-20-4-2-18(23)3-5-20/h2-6,9,19,21H,7-8,10-16H2,1H3/t21-/m1/s1. The van der Waals surface area contributed by atoms with Crippen molar-refractivity contribution >= 4 is 5.91 Å². The summed E-state index contributed by atoms with van der Waals surface area (Å²) in [7, 11) is 0. The Morgan fingerprint density at radius 2 is 1.93 bits per heavy atom. The molecule has 1 aromatic carbocycles. The van der Waals surface area contributed by atoms with Crippen LogP contribution in [0.3, 0.4) is 0 Å². The quantitative estimate of drug-likeness (QED) is 0.692. The summed E-state index contributed by atoms with van der Waals surface area (Å²) in [5, 5.41) is 4.34. The number of hydrogen-bond donors (Lipinski definition) is 0. The van der Waals surface area contributed by atoms with Gasteiger partial charge in [-0.2, -0.15) is 5.10 Å². The number of carbonyl (C=O) groups is 1. The summed E-state index contributed by atoms with van der Waals surface area (Å²) in [6, 6.07) is 8.20. The summed E-state index contributed by atoms with van der Waals surface area (Å²) in [5.74, 6) is 0.363. The van der Waals surface area contributed by atoms with E-state index >= 15 is 0 Å². The number of benzene rings is 1. The molecule has 4 rings (SSSR count). The maximum absolute atomic E-state index is 13.0. The number of rotatable bonds is 7. The average molecular weight is 416 g/mol. The van der Waals surface area contributed by atoms with Gasteiger partial charge in [-0.25, -0.2) is 4.39 Å². The molecule has 2 aliphatic rings. The van der Waals surface area contributed by atoms with Crippen molar-refractivity contribution in [3.8, 4) is 5.75 Å². The zero-order valence-electron chi connectivity index (χ0n) is 17.4. The normalized spacial score (nSPS) is 21.2. The number of hydrogen-bond acceptors (Lipinski definition) is 5. The summed E-state index contributed by atoms with van der Waals surface area (Å²) in [6.07, 6.45) is 3.60. The Labute approximate surface area is 176 Å². The summed E-state index contributed by atoms with van der Waals surface area (Å²) in [4.78, 5) is 16.9. The van der Waals surface area contributed by atoms with Crippen LogP contribution in [0.5, 0.6) is 5.75 Å². The average Bonchev–Trinajstić information content (AvgIpc) is 3.18. The zero-order chi connectivity index (χ0) is 20.9. The summed E-state index contributed by atoms with van der Waals surface area (Å²) >= 11 is 0. The lowest BCUT2D eigenvalue weighted by molar-refractivity contribution is -0.155. The summed E-state index contributed by atoms with van der Waals surface area (Å²) in [5.41, 5.74) is 1.18. The maximum atomic E-state index is 13.0. The molecule has 0 saturated carbocycles. The number of morpholine rings is 1. The molecule has 0 unspecified atom stereocenters. The van der Waals surface area contributed by atoms with Gasteiger partial charge in [-0.15, -0.1) is 0 Å². The van der Waals surface area contributed by atoms with Crippen molar-refractivity contribution in [3.05, 3.63) is 48.0 Å². The highest BCUT2D eigenvalue weighted by molar-refractivity contribution is 5.78. The van der Waals surface area contributed by atoms with Gasteiger partial charge in [-0.3, -0.25) is 9.48 Å². The highest BCUT2D eigenvalue weighted by atomic mass is 19.1. The maximum Gasteiger partial charge on any atom is 0.248 e. The Bertz CT molecular complexity index is 833. The van der Waals surface area contributed by atoms with Gasteiger partial charge in [-0.05, 0) is 50.1 Å². The molecule has 2 aromatic rings. The molecule has 0 bridgehead atoms. The molecule has 162 valence electrons. The van der Waals surface area contributed by atoms with Crippen LogP contribution in [-0.4, -0.2) is 77.0 Å². The number of aryl methyl sites for hydroxylation is 1. The van der Waals surface area contributed by atoms with Crippen molar-refractivity contribution in [2.45, 2.75) is 38.5 Å². The van der Waals surface area contributed by atoms with E-state index in [-0.39, 0.29) is 30.5 Å². The van der Waals surface area contributed by atoms with Crippen molar-refractivity contribution < 1.29 is 18.7 Å². The molecule has 30 heavy (non-hydrogen) atoms. The second kappa shape index (κ2) is 9.57. The third-order valence-electron chi connectivity index (χ3n) is 5.97. The van der Waals surface area contributed by atoms with Crippen LogP contribution in [0.4, 0.5) is 4.39 Å². The van der Waals surface area contributed by atoms with Gasteiger partial charge in [0.05, 0.1) is 13.1 Å². The Hall–Kier alpha value is -2.45. The van der Waals surface area contributed by atoms with Crippen molar-refractivity contribution in [1.82, 2.24) is 19.6 Å². The number of ether oxygens (including phenoxy) is 2. The number of halogens is 1. The molecule has 0 aliphatic carbocycles. The lowest BCUT2D eigenvalue weighted by Gasteiger charge is -2.42. The van der Waals surface area contributed by atoms with E-state index in [1.807, 2.05) is 21.8 Å². The number of amides is 1. The third-order valence-corrected chi connectivity index (χ3v) is 5.97. The fourth-order valence-electron chi connectivity index (χ4n) is 4.14. The predicted molar refractivity (Wildman–Crippen MR) is 110 cm³/mol. The predicted octanol–water partition coefficient (Wildman–Crippen LogP) is 2.10. The van der Waals surface area contributed by atoms with Gasteiger partial charge in [0.25, 0.3) is 0 Å². The van der Waals surface area contributed by atoms with E-state index in [4.69, 9.17) is 9.47 Å². The highest BCUT2D eigenvalue weighted by Crippen LogP contribution is 2.21. The van der Waals surface area contributed by atoms with Crippen molar-refractivity contribution in [2.24, 2.45) is 0 Å². The highest BCUT2D eigenvalue weighted by Gasteiger charge is 2.33. The first kappa shape index (κ1) is 20.8. The molecule has 8 heteroatoms. The number of likely N-dealkylation sites (tertiary alicyclic amines) is 1. The van der Waals surface area contributed by atoms with Crippen LogP contribution in [0, 0.1) is 12.7 Å². The summed E-state index contributed by atoms with van der Waals surface area (Å²) in [6.45, 7) is 6.87. The smallest absolute Gasteiger partial charge is 0.248 e. The first-order valence-electron chi connectivity index (χ1n) is 10.6. The summed E-state index contributed by atoms with van der Waals surface area (Å²) < 4.78 is 26.4. The fourth-order valence-corrected chi connectivity index (χ4v) is 4.14. The van der Waals surface area contributed by atoms with Crippen molar-refractivity contribution in [2.75, 3.05) is 39.4 Å². The van der Waals surface area contributed by atoms with Gasteiger partial charge in [0.2, 0.25) is 5.91 Å². The first-order valence-corrected chi connectivity index (χ1v) is 10.6. The Kier molecular flexibility index (Phi) is 6.64. The van der Waals surface area contributed by atoms with E-state index in [1.165, 1.54) is 17.8 Å². The second-order valence-corrected chi connectivity index (χ2v) is 8.01. The molecule has 0 radical (unpaired) electrons. The molecular formula is C22H29FN4O3. The van der Waals surface area contributed by atoms with Gasteiger partial charge in [-0.1, -0.05) is 0 Å². The lowest BCUT2D eigenvalue weighted by atomic mass is 10.0. The molecule has 3 heterocycles. The van der Waals surface area contributed by atoms with Gasteiger partial charge >= 0.3 is 0 Å². The van der Waals surface area contributed by atoms with Crippen LogP contribution in [0.25, 0.3) is 0 Å². The van der Waals surface area contributed by atoms with E-state index < -0.39 is 0 Å². The molecule has 0 N–H and O–H groups in total. The molecule has 2 aliphatic heterocycles. The van der Waals surface area contributed by atoms with Crippen LogP contribution in [0.15, 0.2) is 36.5 Å². The number of aromatic nitrogens is 2.